The molecule has 0 aliphatic rings. The lowest BCUT2D eigenvalue weighted by molar-refractivity contribution is -0.384. The van der Waals surface area contributed by atoms with Gasteiger partial charge in [0.15, 0.2) is 0 Å². The fourth-order valence-electron chi connectivity index (χ4n) is 2.28. The summed E-state index contributed by atoms with van der Waals surface area (Å²) >= 11 is 6.08. The van der Waals surface area contributed by atoms with Gasteiger partial charge in [-0.1, -0.05) is 11.6 Å². The number of nitrogens with one attached hydrogen (secondary N) is 1. The van der Waals surface area contributed by atoms with Gasteiger partial charge in [0, 0.05) is 32.0 Å². The zero-order valence-electron chi connectivity index (χ0n) is 15.7. The molecule has 152 valence electrons. The maximum absolute atomic E-state index is 11.9. The molecular formula is C17H20ClN2O7P. The van der Waals surface area contributed by atoms with Gasteiger partial charge in [-0.05, 0) is 25.1 Å². The van der Waals surface area contributed by atoms with Crippen LogP contribution in [-0.4, -0.2) is 32.0 Å². The zero-order valence-corrected chi connectivity index (χ0v) is 17.3. The van der Waals surface area contributed by atoms with Crippen molar-refractivity contribution in [2.24, 2.45) is 0 Å². The zero-order chi connectivity index (χ0) is 20.9. The molecule has 2 atom stereocenters. The van der Waals surface area contributed by atoms with Crippen LogP contribution in [0.1, 0.15) is 6.92 Å². The Hall–Kier alpha value is -2.32. The summed E-state index contributed by atoms with van der Waals surface area (Å²) < 4.78 is 32.7. The topological polar surface area (TPSA) is 109 Å². The van der Waals surface area contributed by atoms with E-state index in [0.29, 0.717) is 22.3 Å². The van der Waals surface area contributed by atoms with Crippen LogP contribution in [0.25, 0.3) is 0 Å². The molecule has 28 heavy (non-hydrogen) atoms. The van der Waals surface area contributed by atoms with Gasteiger partial charge in [-0.25, -0.2) is 0 Å². The summed E-state index contributed by atoms with van der Waals surface area (Å²) in [4.78, 5) is 10.8. The highest BCUT2D eigenvalue weighted by Crippen LogP contribution is 2.44. The van der Waals surface area contributed by atoms with Crippen LogP contribution < -0.4 is 14.8 Å². The minimum atomic E-state index is -3.28. The van der Waals surface area contributed by atoms with Gasteiger partial charge < -0.3 is 19.3 Å². The lowest BCUT2D eigenvalue weighted by atomic mass is 10.2. The standard InChI is InChI=1S/C17H20ClN2O7P/c1-11(27-28(4,23)25-3)19-15-10-13(5-7-16(15)20(21)22)26-12-6-8-17(24-2)14(18)9-12/h5-11,19H,1-4H3. The Balaban J connectivity index is 2.26. The normalized spacial score (nSPS) is 14.0. The number of hydrogen-bond acceptors (Lipinski definition) is 8. The summed E-state index contributed by atoms with van der Waals surface area (Å²) in [5.74, 6) is 1.24. The second-order valence-electron chi connectivity index (χ2n) is 5.68. The summed E-state index contributed by atoms with van der Waals surface area (Å²) in [6.45, 7) is 2.85. The molecular weight excluding hydrogens is 411 g/mol. The van der Waals surface area contributed by atoms with E-state index < -0.39 is 18.7 Å². The van der Waals surface area contributed by atoms with Gasteiger partial charge in [-0.15, -0.1) is 0 Å². The van der Waals surface area contributed by atoms with Crippen molar-refractivity contribution in [2.45, 2.75) is 13.2 Å². The van der Waals surface area contributed by atoms with Gasteiger partial charge in [0.25, 0.3) is 5.69 Å². The number of nitro benzene ring substituents is 1. The minimum Gasteiger partial charge on any atom is -0.495 e. The minimum absolute atomic E-state index is 0.130. The van der Waals surface area contributed by atoms with Gasteiger partial charge >= 0.3 is 7.60 Å². The van der Waals surface area contributed by atoms with Crippen molar-refractivity contribution in [3.05, 3.63) is 51.5 Å². The van der Waals surface area contributed by atoms with Crippen molar-refractivity contribution in [3.8, 4) is 17.2 Å². The Morgan fingerprint density at radius 3 is 2.39 bits per heavy atom. The number of benzene rings is 2. The number of methoxy groups -OCH3 is 1. The maximum atomic E-state index is 11.9. The molecule has 0 spiro atoms. The van der Waals surface area contributed by atoms with Crippen molar-refractivity contribution in [1.82, 2.24) is 0 Å². The number of halogens is 1. The molecule has 0 heterocycles. The average molecular weight is 431 g/mol. The Kier molecular flexibility index (Phi) is 7.26. The first kappa shape index (κ1) is 22.0. The Morgan fingerprint density at radius 1 is 1.18 bits per heavy atom. The molecule has 2 unspecified atom stereocenters. The fraction of sp³-hybridized carbons (Fsp3) is 0.294. The fourth-order valence-corrected chi connectivity index (χ4v) is 3.24. The van der Waals surface area contributed by atoms with Gasteiger partial charge in [0.1, 0.15) is 29.2 Å². The molecule has 0 aliphatic carbocycles. The molecule has 2 rings (SSSR count). The average Bonchev–Trinajstić information content (AvgIpc) is 2.61. The summed E-state index contributed by atoms with van der Waals surface area (Å²) in [5, 5.41) is 14.5. The second-order valence-corrected chi connectivity index (χ2v) is 8.21. The molecule has 2 aromatic carbocycles. The predicted molar refractivity (Wildman–Crippen MR) is 106 cm³/mol. The van der Waals surface area contributed by atoms with Crippen LogP contribution in [-0.2, 0) is 13.6 Å². The SMILES string of the molecule is COc1ccc(Oc2ccc([N+](=O)[O-])c(NC(C)OP(C)(=O)OC)c2)cc1Cl. The Labute approximate surface area is 167 Å². The monoisotopic (exact) mass is 430 g/mol. The number of anilines is 1. The number of hydrogen-bond donors (Lipinski definition) is 1. The number of nitro groups is 1. The van der Waals surface area contributed by atoms with Crippen LogP contribution in [0.3, 0.4) is 0 Å². The molecule has 1 N–H and O–H groups in total. The van der Waals surface area contributed by atoms with Crippen molar-refractivity contribution in [3.63, 3.8) is 0 Å². The molecule has 11 heteroatoms. The first-order valence-corrected chi connectivity index (χ1v) is 10.4. The highest BCUT2D eigenvalue weighted by Gasteiger charge is 2.22. The van der Waals surface area contributed by atoms with Crippen molar-refractivity contribution in [1.29, 1.82) is 0 Å². The Bertz CT molecular complexity index is 909. The van der Waals surface area contributed by atoms with Crippen molar-refractivity contribution in [2.75, 3.05) is 26.2 Å². The van der Waals surface area contributed by atoms with Crippen LogP contribution in [0, 0.1) is 10.1 Å². The predicted octanol–water partition coefficient (Wildman–Crippen LogP) is 5.29. The van der Waals surface area contributed by atoms with Crippen LogP contribution in [0.5, 0.6) is 17.2 Å². The molecule has 0 radical (unpaired) electrons. The quantitative estimate of drug-likeness (QED) is 0.247. The first-order chi connectivity index (χ1) is 13.1. The van der Waals surface area contributed by atoms with E-state index in [-0.39, 0.29) is 11.4 Å². The third-order valence-corrected chi connectivity index (χ3v) is 5.22. The smallest absolute Gasteiger partial charge is 0.329 e. The number of rotatable bonds is 9. The molecule has 0 bridgehead atoms. The third kappa shape index (κ3) is 5.84. The lowest BCUT2D eigenvalue weighted by Crippen LogP contribution is -2.18. The Morgan fingerprint density at radius 2 is 1.82 bits per heavy atom. The van der Waals surface area contributed by atoms with Crippen LogP contribution >= 0.6 is 19.2 Å². The highest BCUT2D eigenvalue weighted by atomic mass is 35.5. The van der Waals surface area contributed by atoms with Crippen LogP contribution in [0.4, 0.5) is 11.4 Å². The van der Waals surface area contributed by atoms with Crippen LogP contribution in [0.15, 0.2) is 36.4 Å². The highest BCUT2D eigenvalue weighted by molar-refractivity contribution is 7.52. The molecule has 0 amide bonds. The molecule has 9 nitrogen and oxygen atoms in total. The summed E-state index contributed by atoms with van der Waals surface area (Å²) in [5.41, 5.74) is -0.0652. The number of ether oxygens (including phenoxy) is 2. The van der Waals surface area contributed by atoms with Gasteiger partial charge in [-0.2, -0.15) is 0 Å². The number of nitrogens with zero attached hydrogens (tertiary/aromatic N) is 1. The third-order valence-electron chi connectivity index (χ3n) is 3.56. The van der Waals surface area contributed by atoms with E-state index in [1.807, 2.05) is 0 Å². The van der Waals surface area contributed by atoms with Crippen molar-refractivity contribution < 1.29 is 28.0 Å². The van der Waals surface area contributed by atoms with E-state index >= 15 is 0 Å². The van der Waals surface area contributed by atoms with Gasteiger partial charge in [0.05, 0.1) is 17.1 Å². The second kappa shape index (κ2) is 9.25. The van der Waals surface area contributed by atoms with Gasteiger partial charge in [0.2, 0.25) is 0 Å². The van der Waals surface area contributed by atoms with Gasteiger partial charge in [-0.3, -0.25) is 19.2 Å². The summed E-state index contributed by atoms with van der Waals surface area (Å²) in [6.07, 6.45) is -0.819. The van der Waals surface area contributed by atoms with E-state index in [0.717, 1.165) is 0 Å². The van der Waals surface area contributed by atoms with E-state index in [2.05, 4.69) is 5.32 Å². The molecule has 0 saturated heterocycles. The largest absolute Gasteiger partial charge is 0.495 e. The molecule has 0 saturated carbocycles. The van der Waals surface area contributed by atoms with E-state index in [1.54, 1.807) is 25.1 Å². The first-order valence-electron chi connectivity index (χ1n) is 8.03. The molecule has 0 aliphatic heterocycles. The van der Waals surface area contributed by atoms with E-state index in [9.17, 15) is 14.7 Å². The molecule has 2 aromatic rings. The molecule has 0 aromatic heterocycles. The summed E-state index contributed by atoms with van der Waals surface area (Å²) in [6, 6.07) is 9.03. The molecule has 0 fully saturated rings. The maximum Gasteiger partial charge on any atom is 0.329 e. The van der Waals surface area contributed by atoms with E-state index in [4.69, 9.17) is 30.1 Å². The van der Waals surface area contributed by atoms with E-state index in [1.165, 1.54) is 39.1 Å². The van der Waals surface area contributed by atoms with Crippen molar-refractivity contribution >= 4 is 30.6 Å². The summed E-state index contributed by atoms with van der Waals surface area (Å²) in [7, 11) is -0.523. The van der Waals surface area contributed by atoms with Crippen LogP contribution in [0.2, 0.25) is 5.02 Å². The lowest BCUT2D eigenvalue weighted by Gasteiger charge is -2.20.